The third-order valence-electron chi connectivity index (χ3n) is 5.99. The van der Waals surface area contributed by atoms with Crippen molar-refractivity contribution in [1.82, 2.24) is 19.4 Å². The van der Waals surface area contributed by atoms with E-state index < -0.39 is 5.72 Å². The van der Waals surface area contributed by atoms with Gasteiger partial charge in [0.05, 0.1) is 24.6 Å². The highest BCUT2D eigenvalue weighted by atomic mass is 16.5. The van der Waals surface area contributed by atoms with E-state index in [4.69, 9.17) is 4.74 Å². The predicted octanol–water partition coefficient (Wildman–Crippen LogP) is 1.69. The van der Waals surface area contributed by atoms with Crippen molar-refractivity contribution >= 4 is 5.91 Å². The Bertz CT molecular complexity index is 805. The Kier molecular flexibility index (Phi) is 3.27. The number of benzene rings is 1. The Morgan fingerprint density at radius 3 is 2.92 bits per heavy atom. The normalized spacial score (nSPS) is 31.6. The largest absolute Gasteiger partial charge is 0.344 e. The van der Waals surface area contributed by atoms with E-state index in [2.05, 4.69) is 22.0 Å². The van der Waals surface area contributed by atoms with Gasteiger partial charge in [-0.25, -0.2) is 4.98 Å². The lowest BCUT2D eigenvalue weighted by atomic mass is 10.1. The van der Waals surface area contributed by atoms with Gasteiger partial charge in [0.15, 0.2) is 5.72 Å². The van der Waals surface area contributed by atoms with Crippen LogP contribution >= 0.6 is 0 Å². The average Bonchev–Trinajstić information content (AvgIpc) is 3.34. The Labute approximate surface area is 147 Å². The molecule has 3 aliphatic rings. The lowest BCUT2D eigenvalue weighted by molar-refractivity contribution is -0.138. The van der Waals surface area contributed by atoms with Crippen molar-refractivity contribution in [3.8, 4) is 0 Å². The van der Waals surface area contributed by atoms with Gasteiger partial charge in [-0.1, -0.05) is 30.3 Å². The topological polar surface area (TPSA) is 50.6 Å². The van der Waals surface area contributed by atoms with Crippen LogP contribution in [0.15, 0.2) is 42.9 Å². The van der Waals surface area contributed by atoms with Crippen molar-refractivity contribution in [2.75, 3.05) is 13.1 Å². The summed E-state index contributed by atoms with van der Waals surface area (Å²) in [6.07, 6.45) is 5.14. The first-order chi connectivity index (χ1) is 12.2. The number of carbonyl (C=O) groups is 1. The molecule has 1 aromatic carbocycles. The summed E-state index contributed by atoms with van der Waals surface area (Å²) in [5, 5.41) is 0. The maximum atomic E-state index is 12.7. The number of hydrogen-bond donors (Lipinski definition) is 0. The molecule has 3 aliphatic heterocycles. The van der Waals surface area contributed by atoms with E-state index in [0.717, 1.165) is 25.1 Å². The summed E-state index contributed by atoms with van der Waals surface area (Å²) >= 11 is 0. The molecule has 0 bridgehead atoms. The van der Waals surface area contributed by atoms with Crippen LogP contribution in [0.1, 0.15) is 30.2 Å². The second kappa shape index (κ2) is 5.41. The van der Waals surface area contributed by atoms with Crippen LogP contribution in [-0.4, -0.2) is 50.1 Å². The molecular weight excluding hydrogens is 316 g/mol. The maximum Gasteiger partial charge on any atom is 0.226 e. The number of aryl methyl sites for hydroxylation is 1. The maximum absolute atomic E-state index is 12.7. The first-order valence-electron chi connectivity index (χ1n) is 8.90. The van der Waals surface area contributed by atoms with E-state index >= 15 is 0 Å². The van der Waals surface area contributed by atoms with Crippen LogP contribution in [-0.2, 0) is 23.1 Å². The van der Waals surface area contributed by atoms with Gasteiger partial charge in [-0.2, -0.15) is 0 Å². The van der Waals surface area contributed by atoms with E-state index in [1.54, 1.807) is 0 Å². The molecule has 6 heteroatoms. The molecule has 3 fully saturated rings. The highest BCUT2D eigenvalue weighted by Gasteiger charge is 2.63. The summed E-state index contributed by atoms with van der Waals surface area (Å²) in [5.41, 5.74) is 1.87. The van der Waals surface area contributed by atoms with Crippen molar-refractivity contribution in [1.29, 1.82) is 0 Å². The molecule has 6 nitrogen and oxygen atoms in total. The van der Waals surface area contributed by atoms with E-state index in [0.29, 0.717) is 13.0 Å². The number of hydrogen-bond acceptors (Lipinski definition) is 4. The molecule has 3 saturated heterocycles. The highest BCUT2D eigenvalue weighted by Crippen LogP contribution is 2.50. The quantitative estimate of drug-likeness (QED) is 0.855. The summed E-state index contributed by atoms with van der Waals surface area (Å²) in [5.74, 6) is 0.220. The first-order valence-corrected chi connectivity index (χ1v) is 8.90. The minimum Gasteiger partial charge on any atom is -0.344 e. The molecule has 130 valence electrons. The highest BCUT2D eigenvalue weighted by molar-refractivity contribution is 5.81. The fourth-order valence-electron chi connectivity index (χ4n) is 4.68. The summed E-state index contributed by atoms with van der Waals surface area (Å²) in [6, 6.07) is 10.4. The minimum absolute atomic E-state index is 0.0235. The number of amides is 1. The second-order valence-electron chi connectivity index (χ2n) is 7.30. The van der Waals surface area contributed by atoms with Crippen LogP contribution in [0, 0.1) is 0 Å². The van der Waals surface area contributed by atoms with Gasteiger partial charge in [0.25, 0.3) is 0 Å². The molecule has 4 heterocycles. The number of likely N-dealkylation sites (tertiary alicyclic amines) is 1. The van der Waals surface area contributed by atoms with E-state index in [9.17, 15) is 4.79 Å². The number of nitrogens with zero attached hydrogens (tertiary/aromatic N) is 4. The van der Waals surface area contributed by atoms with Crippen LogP contribution in [0.4, 0.5) is 0 Å². The average molecular weight is 338 g/mol. The molecule has 1 amide bonds. The van der Waals surface area contributed by atoms with Gasteiger partial charge >= 0.3 is 0 Å². The molecule has 3 atom stereocenters. The van der Waals surface area contributed by atoms with Gasteiger partial charge in [0, 0.05) is 39.2 Å². The lowest BCUT2D eigenvalue weighted by Gasteiger charge is -2.32. The van der Waals surface area contributed by atoms with Crippen LogP contribution in [0.3, 0.4) is 0 Å². The predicted molar refractivity (Wildman–Crippen MR) is 91.4 cm³/mol. The Balaban J connectivity index is 1.42. The van der Waals surface area contributed by atoms with Crippen molar-refractivity contribution in [3.05, 3.63) is 54.1 Å². The van der Waals surface area contributed by atoms with Crippen LogP contribution < -0.4 is 0 Å². The van der Waals surface area contributed by atoms with Gasteiger partial charge < -0.3 is 14.2 Å². The van der Waals surface area contributed by atoms with Crippen molar-refractivity contribution in [2.24, 2.45) is 7.05 Å². The first kappa shape index (κ1) is 15.1. The molecule has 0 saturated carbocycles. The monoisotopic (exact) mass is 338 g/mol. The summed E-state index contributed by atoms with van der Waals surface area (Å²) < 4.78 is 8.62. The molecule has 25 heavy (non-hydrogen) atoms. The number of rotatable bonds is 3. The Morgan fingerprint density at radius 2 is 2.16 bits per heavy atom. The molecule has 0 aliphatic carbocycles. The lowest BCUT2D eigenvalue weighted by Crippen LogP contribution is -2.47. The van der Waals surface area contributed by atoms with Crippen molar-refractivity contribution < 1.29 is 9.53 Å². The fourth-order valence-corrected chi connectivity index (χ4v) is 4.68. The zero-order valence-corrected chi connectivity index (χ0v) is 14.3. The van der Waals surface area contributed by atoms with Crippen LogP contribution in [0.2, 0.25) is 0 Å². The van der Waals surface area contributed by atoms with Crippen LogP contribution in [0.5, 0.6) is 0 Å². The third kappa shape index (κ3) is 2.17. The summed E-state index contributed by atoms with van der Waals surface area (Å²) in [7, 11) is 2.01. The third-order valence-corrected chi connectivity index (χ3v) is 5.99. The van der Waals surface area contributed by atoms with Crippen molar-refractivity contribution in [2.45, 2.75) is 37.3 Å². The fraction of sp³-hybridized carbons (Fsp3) is 0.474. The SMILES string of the molecule is Cn1cncc1CN1CC[C@@]23O[C@@H](c4ccccc4)CN2C(=O)C[C@@H]13. The molecule has 0 radical (unpaired) electrons. The minimum atomic E-state index is -0.448. The van der Waals surface area contributed by atoms with Gasteiger partial charge in [-0.15, -0.1) is 0 Å². The molecule has 5 rings (SSSR count). The second-order valence-corrected chi connectivity index (χ2v) is 7.30. The molecule has 1 aromatic heterocycles. The molecule has 0 N–H and O–H groups in total. The zero-order chi connectivity index (χ0) is 17.0. The van der Waals surface area contributed by atoms with Gasteiger partial charge in [0.1, 0.15) is 6.10 Å². The van der Waals surface area contributed by atoms with Gasteiger partial charge in [0.2, 0.25) is 5.91 Å². The molecule has 0 unspecified atom stereocenters. The standard InChI is InChI=1S/C19H22N4O2/c1-21-13-20-10-15(21)11-22-8-7-19-17(22)9-18(24)23(19)12-16(25-19)14-5-3-2-4-6-14/h2-6,10,13,16-17H,7-9,11-12H2,1H3/t16-,17-,19+/m1/s1. The van der Waals surface area contributed by atoms with Crippen molar-refractivity contribution in [3.63, 3.8) is 0 Å². The molecule has 1 spiro atoms. The zero-order valence-electron chi connectivity index (χ0n) is 14.3. The van der Waals surface area contributed by atoms with E-state index in [1.165, 1.54) is 5.69 Å². The number of imidazole rings is 1. The van der Waals surface area contributed by atoms with Gasteiger partial charge in [-0.3, -0.25) is 9.69 Å². The van der Waals surface area contributed by atoms with E-state index in [1.807, 2.05) is 47.2 Å². The number of carbonyl (C=O) groups excluding carboxylic acids is 1. The number of aromatic nitrogens is 2. The smallest absolute Gasteiger partial charge is 0.226 e. The van der Waals surface area contributed by atoms with E-state index in [-0.39, 0.29) is 18.1 Å². The number of ether oxygens (including phenoxy) is 1. The van der Waals surface area contributed by atoms with Gasteiger partial charge in [-0.05, 0) is 5.56 Å². The Morgan fingerprint density at radius 1 is 1.32 bits per heavy atom. The Hall–Kier alpha value is -2.18. The van der Waals surface area contributed by atoms with Crippen LogP contribution in [0.25, 0.3) is 0 Å². The summed E-state index contributed by atoms with van der Waals surface area (Å²) in [6.45, 7) is 2.42. The summed E-state index contributed by atoms with van der Waals surface area (Å²) in [4.78, 5) is 21.3. The molecular formula is C19H22N4O2. The molecule has 2 aromatic rings.